The zero-order chi connectivity index (χ0) is 17.8. The first-order valence-corrected chi connectivity index (χ1v) is 9.21. The molecule has 1 aliphatic rings. The molecule has 0 unspecified atom stereocenters. The smallest absolute Gasteiger partial charge is 0.350 e. The summed E-state index contributed by atoms with van der Waals surface area (Å²) in [6, 6.07) is 3.29. The minimum Gasteiger partial charge on any atom is -0.465 e. The van der Waals surface area contributed by atoms with Crippen LogP contribution in [0.5, 0.6) is 0 Å². The Hall–Kier alpha value is -2.35. The average Bonchev–Trinajstić information content (AvgIpc) is 3.34. The molecule has 2 aromatic heterocycles. The molecule has 134 valence electrons. The van der Waals surface area contributed by atoms with Crippen LogP contribution >= 0.6 is 11.3 Å². The van der Waals surface area contributed by atoms with Crippen molar-refractivity contribution in [3.05, 3.63) is 33.8 Å². The van der Waals surface area contributed by atoms with Crippen LogP contribution in [0.1, 0.15) is 53.4 Å². The van der Waals surface area contributed by atoms with Gasteiger partial charge in [0.05, 0.1) is 18.8 Å². The molecule has 1 atom stereocenters. The number of likely N-dealkylation sites (tertiary alicyclic amines) is 1. The van der Waals surface area contributed by atoms with Crippen molar-refractivity contribution in [2.24, 2.45) is 0 Å². The summed E-state index contributed by atoms with van der Waals surface area (Å²) in [6.07, 6.45) is 3.57. The predicted octanol–water partition coefficient (Wildman–Crippen LogP) is 3.84. The van der Waals surface area contributed by atoms with E-state index in [4.69, 9.17) is 9.26 Å². The van der Waals surface area contributed by atoms with Crippen LogP contribution in [-0.2, 0) is 11.2 Å². The zero-order valence-corrected chi connectivity index (χ0v) is 15.1. The fraction of sp³-hybridized carbons (Fsp3) is 0.471. The van der Waals surface area contributed by atoms with E-state index in [1.807, 2.05) is 6.07 Å². The van der Waals surface area contributed by atoms with Crippen LogP contribution in [0, 0.1) is 0 Å². The van der Waals surface area contributed by atoms with Crippen molar-refractivity contribution in [2.45, 2.75) is 38.6 Å². The van der Waals surface area contributed by atoms with Crippen LogP contribution in [0.15, 0.2) is 22.0 Å². The summed E-state index contributed by atoms with van der Waals surface area (Å²) in [4.78, 5) is 26.6. The molecule has 7 nitrogen and oxygen atoms in total. The summed E-state index contributed by atoms with van der Waals surface area (Å²) in [5, 5.41) is 8.70. The van der Waals surface area contributed by atoms with E-state index in [-0.39, 0.29) is 12.1 Å². The van der Waals surface area contributed by atoms with E-state index in [1.54, 1.807) is 16.3 Å². The molecule has 0 aromatic carbocycles. The first kappa shape index (κ1) is 17.5. The Morgan fingerprint density at radius 2 is 2.36 bits per heavy atom. The molecule has 25 heavy (non-hydrogen) atoms. The van der Waals surface area contributed by atoms with Gasteiger partial charge in [-0.3, -0.25) is 0 Å². The number of carbonyl (C=O) groups is 2. The molecule has 1 fully saturated rings. The third-order valence-electron chi connectivity index (χ3n) is 4.21. The summed E-state index contributed by atoms with van der Waals surface area (Å²) < 4.78 is 10.1. The van der Waals surface area contributed by atoms with Crippen molar-refractivity contribution >= 4 is 29.0 Å². The van der Waals surface area contributed by atoms with Crippen molar-refractivity contribution in [3.8, 4) is 0 Å². The molecule has 1 aliphatic heterocycles. The third kappa shape index (κ3) is 3.68. The second-order valence-electron chi connectivity index (χ2n) is 5.90. The fourth-order valence-corrected chi connectivity index (χ4v) is 3.78. The highest BCUT2D eigenvalue weighted by Crippen LogP contribution is 2.33. The number of thiophene rings is 1. The number of urea groups is 1. The zero-order valence-electron chi connectivity index (χ0n) is 14.3. The lowest BCUT2D eigenvalue weighted by Crippen LogP contribution is -2.34. The quantitative estimate of drug-likeness (QED) is 0.816. The number of hydrogen-bond donors (Lipinski definition) is 1. The molecule has 2 aromatic rings. The van der Waals surface area contributed by atoms with Gasteiger partial charge < -0.3 is 19.5 Å². The van der Waals surface area contributed by atoms with E-state index < -0.39 is 5.97 Å². The summed E-state index contributed by atoms with van der Waals surface area (Å²) in [6.45, 7) is 2.72. The van der Waals surface area contributed by atoms with Gasteiger partial charge >= 0.3 is 12.0 Å². The van der Waals surface area contributed by atoms with Crippen molar-refractivity contribution in [1.29, 1.82) is 0 Å². The lowest BCUT2D eigenvalue weighted by atomic mass is 10.1. The Balaban J connectivity index is 1.72. The number of nitrogens with one attached hydrogen (secondary N) is 1. The molecular weight excluding hydrogens is 342 g/mol. The Bertz CT molecular complexity index is 755. The number of ether oxygens (including phenoxy) is 1. The van der Waals surface area contributed by atoms with Gasteiger partial charge in [-0.05, 0) is 30.7 Å². The monoisotopic (exact) mass is 363 g/mol. The standard InChI is InChI=1S/C17H21N3O4S/c1-3-5-11-10-13(19-24-11)14-6-4-8-20(14)17(22)18-12-7-9-25-15(12)16(21)23-2/h7,9-10,14H,3-6,8H2,1-2H3,(H,18,22)/t14-/m0/s1. The SMILES string of the molecule is CCCc1cc([C@@H]2CCCN2C(=O)Nc2ccsc2C(=O)OC)no1. The second kappa shape index (κ2) is 7.69. The largest absolute Gasteiger partial charge is 0.465 e. The number of anilines is 1. The third-order valence-corrected chi connectivity index (χ3v) is 5.10. The first-order valence-electron chi connectivity index (χ1n) is 8.33. The highest BCUT2D eigenvalue weighted by molar-refractivity contribution is 7.12. The van der Waals surface area contributed by atoms with Crippen molar-refractivity contribution in [3.63, 3.8) is 0 Å². The van der Waals surface area contributed by atoms with Gasteiger partial charge in [-0.2, -0.15) is 0 Å². The number of methoxy groups -OCH3 is 1. The van der Waals surface area contributed by atoms with E-state index in [0.717, 1.165) is 37.1 Å². The van der Waals surface area contributed by atoms with Crippen LogP contribution in [-0.4, -0.2) is 35.7 Å². The van der Waals surface area contributed by atoms with Crippen LogP contribution in [0.2, 0.25) is 0 Å². The molecule has 0 bridgehead atoms. The average molecular weight is 363 g/mol. The summed E-state index contributed by atoms with van der Waals surface area (Å²) in [5.74, 6) is 0.388. The van der Waals surface area contributed by atoms with Crippen molar-refractivity contribution in [1.82, 2.24) is 10.1 Å². The van der Waals surface area contributed by atoms with Crippen molar-refractivity contribution < 1.29 is 18.8 Å². The van der Waals surface area contributed by atoms with Gasteiger partial charge in [0.1, 0.15) is 16.3 Å². The maximum absolute atomic E-state index is 12.7. The van der Waals surface area contributed by atoms with Gasteiger partial charge in [-0.25, -0.2) is 9.59 Å². The minimum absolute atomic E-state index is 0.102. The molecule has 8 heteroatoms. The number of nitrogens with zero attached hydrogens (tertiary/aromatic N) is 2. The Morgan fingerprint density at radius 3 is 3.12 bits per heavy atom. The second-order valence-corrected chi connectivity index (χ2v) is 6.82. The number of rotatable bonds is 5. The Morgan fingerprint density at radius 1 is 1.52 bits per heavy atom. The molecule has 0 saturated carbocycles. The van der Waals surface area contributed by atoms with Crippen LogP contribution in [0.25, 0.3) is 0 Å². The molecule has 0 radical (unpaired) electrons. The molecule has 2 amide bonds. The minimum atomic E-state index is -0.455. The van der Waals surface area contributed by atoms with Crippen LogP contribution in [0.3, 0.4) is 0 Å². The van der Waals surface area contributed by atoms with Gasteiger partial charge in [-0.1, -0.05) is 12.1 Å². The maximum atomic E-state index is 12.7. The molecule has 0 spiro atoms. The van der Waals surface area contributed by atoms with Crippen molar-refractivity contribution in [2.75, 3.05) is 19.0 Å². The number of aromatic nitrogens is 1. The Kier molecular flexibility index (Phi) is 5.37. The normalized spacial score (nSPS) is 16.9. The number of esters is 1. The molecule has 3 rings (SSSR count). The maximum Gasteiger partial charge on any atom is 0.350 e. The van der Waals surface area contributed by atoms with E-state index in [1.165, 1.54) is 18.4 Å². The van der Waals surface area contributed by atoms with Crippen LogP contribution in [0.4, 0.5) is 10.5 Å². The molecule has 3 heterocycles. The highest BCUT2D eigenvalue weighted by Gasteiger charge is 2.33. The summed E-state index contributed by atoms with van der Waals surface area (Å²) in [5.41, 5.74) is 1.26. The lowest BCUT2D eigenvalue weighted by Gasteiger charge is -2.23. The lowest BCUT2D eigenvalue weighted by molar-refractivity contribution is 0.0607. The predicted molar refractivity (Wildman–Crippen MR) is 93.9 cm³/mol. The summed E-state index contributed by atoms with van der Waals surface area (Å²) >= 11 is 1.24. The van der Waals surface area contributed by atoms with E-state index in [0.29, 0.717) is 17.1 Å². The summed E-state index contributed by atoms with van der Waals surface area (Å²) in [7, 11) is 1.32. The highest BCUT2D eigenvalue weighted by atomic mass is 32.1. The van der Waals surface area contributed by atoms with Gasteiger partial charge in [-0.15, -0.1) is 11.3 Å². The van der Waals surface area contributed by atoms with Gasteiger partial charge in [0.25, 0.3) is 0 Å². The Labute approximate surface area is 149 Å². The molecule has 1 saturated heterocycles. The van der Waals surface area contributed by atoms with Gasteiger partial charge in [0, 0.05) is 19.0 Å². The number of hydrogen-bond acceptors (Lipinski definition) is 6. The molecular formula is C17H21N3O4S. The topological polar surface area (TPSA) is 84.7 Å². The number of aryl methyl sites for hydroxylation is 1. The van der Waals surface area contributed by atoms with Gasteiger partial charge in [0.15, 0.2) is 0 Å². The van der Waals surface area contributed by atoms with E-state index in [2.05, 4.69) is 17.4 Å². The van der Waals surface area contributed by atoms with Gasteiger partial charge in [0.2, 0.25) is 0 Å². The first-order chi connectivity index (χ1) is 12.1. The van der Waals surface area contributed by atoms with E-state index in [9.17, 15) is 9.59 Å². The molecule has 0 aliphatic carbocycles. The van der Waals surface area contributed by atoms with E-state index >= 15 is 0 Å². The van der Waals surface area contributed by atoms with Crippen LogP contribution < -0.4 is 5.32 Å². The fourth-order valence-electron chi connectivity index (χ4n) is 3.01. The number of carbonyl (C=O) groups excluding carboxylic acids is 2. The molecule has 1 N–H and O–H groups in total. The number of amides is 2.